The number of rotatable bonds is 1. The maximum absolute atomic E-state index is 6.04. The van der Waals surface area contributed by atoms with E-state index in [1.807, 2.05) is 12.1 Å². The summed E-state index contributed by atoms with van der Waals surface area (Å²) >= 11 is 12.0. The second-order valence-corrected chi connectivity index (χ2v) is 5.31. The minimum Gasteiger partial charge on any atom is -0.293 e. The van der Waals surface area contributed by atoms with E-state index in [2.05, 4.69) is 18.0 Å². The molecule has 3 rings (SSSR count). The highest BCUT2D eigenvalue weighted by Crippen LogP contribution is 2.58. The topological polar surface area (TPSA) is 12.4 Å². The molecule has 0 amide bonds. The lowest BCUT2D eigenvalue weighted by Crippen LogP contribution is -2.10. The van der Waals surface area contributed by atoms with Crippen molar-refractivity contribution in [3.63, 3.8) is 0 Å². The summed E-state index contributed by atoms with van der Waals surface area (Å²) in [4.78, 5) is 4.51. The van der Waals surface area contributed by atoms with Gasteiger partial charge in [0, 0.05) is 23.6 Å². The van der Waals surface area contributed by atoms with Gasteiger partial charge < -0.3 is 0 Å². The monoisotopic (exact) mass is 239 g/mol. The van der Waals surface area contributed by atoms with E-state index in [0.29, 0.717) is 16.0 Å². The van der Waals surface area contributed by atoms with Crippen LogP contribution in [0.25, 0.3) is 0 Å². The van der Waals surface area contributed by atoms with Crippen LogP contribution in [0.3, 0.4) is 0 Å². The molecule has 1 aliphatic heterocycles. The molecule has 78 valence electrons. The Morgan fingerprint density at radius 1 is 1.33 bits per heavy atom. The summed E-state index contributed by atoms with van der Waals surface area (Å²) < 4.78 is 0. The van der Waals surface area contributed by atoms with E-state index < -0.39 is 0 Å². The van der Waals surface area contributed by atoms with Crippen molar-refractivity contribution in [3.05, 3.63) is 33.8 Å². The minimum atomic E-state index is 0.262. The quantitative estimate of drug-likeness (QED) is 0.709. The first-order valence-electron chi connectivity index (χ1n) is 5.10. The van der Waals surface area contributed by atoms with Crippen LogP contribution in [0.5, 0.6) is 0 Å². The van der Waals surface area contributed by atoms with Crippen molar-refractivity contribution in [2.45, 2.75) is 18.8 Å². The van der Waals surface area contributed by atoms with Crippen molar-refractivity contribution in [3.8, 4) is 0 Å². The largest absolute Gasteiger partial charge is 0.293 e. The Kier molecular flexibility index (Phi) is 1.93. The van der Waals surface area contributed by atoms with Crippen LogP contribution in [0, 0.1) is 5.92 Å². The average Bonchev–Trinajstić information content (AvgIpc) is 2.88. The van der Waals surface area contributed by atoms with Crippen LogP contribution in [0.15, 0.2) is 23.2 Å². The Balaban J connectivity index is 2.00. The smallest absolute Gasteiger partial charge is 0.0595 e. The Morgan fingerprint density at radius 3 is 2.67 bits per heavy atom. The maximum Gasteiger partial charge on any atom is 0.0595 e. The number of hydrogen-bond acceptors (Lipinski definition) is 1. The van der Waals surface area contributed by atoms with E-state index in [0.717, 1.165) is 6.54 Å². The summed E-state index contributed by atoms with van der Waals surface area (Å²) in [5.41, 5.74) is 2.85. The first-order valence-corrected chi connectivity index (χ1v) is 5.85. The molecule has 0 radical (unpaired) electrons. The van der Waals surface area contributed by atoms with Crippen LogP contribution < -0.4 is 0 Å². The zero-order valence-corrected chi connectivity index (χ0v) is 9.94. The number of hydrogen-bond donors (Lipinski definition) is 0. The van der Waals surface area contributed by atoms with Gasteiger partial charge in [-0.05, 0) is 31.0 Å². The second-order valence-electron chi connectivity index (χ2n) is 4.50. The summed E-state index contributed by atoms with van der Waals surface area (Å²) in [6, 6.07) is 5.97. The van der Waals surface area contributed by atoms with Gasteiger partial charge in [-0.25, -0.2) is 0 Å². The van der Waals surface area contributed by atoms with Crippen LogP contribution in [0.4, 0.5) is 0 Å². The Hall–Kier alpha value is -0.530. The van der Waals surface area contributed by atoms with E-state index >= 15 is 0 Å². The van der Waals surface area contributed by atoms with Gasteiger partial charge in [0.05, 0.1) is 10.0 Å². The van der Waals surface area contributed by atoms with E-state index in [4.69, 9.17) is 23.2 Å². The lowest BCUT2D eigenvalue weighted by Gasteiger charge is -2.11. The highest BCUT2D eigenvalue weighted by atomic mass is 35.5. The first kappa shape index (κ1) is 9.68. The van der Waals surface area contributed by atoms with Crippen molar-refractivity contribution in [2.75, 3.05) is 6.54 Å². The van der Waals surface area contributed by atoms with Gasteiger partial charge in [-0.3, -0.25) is 4.99 Å². The van der Waals surface area contributed by atoms with Gasteiger partial charge in [0.2, 0.25) is 0 Å². The third-order valence-electron chi connectivity index (χ3n) is 3.68. The fourth-order valence-corrected chi connectivity index (χ4v) is 2.92. The predicted molar refractivity (Wildman–Crippen MR) is 64.2 cm³/mol. The molecule has 2 atom stereocenters. The van der Waals surface area contributed by atoms with Gasteiger partial charge in [-0.2, -0.15) is 0 Å². The summed E-state index contributed by atoms with van der Waals surface area (Å²) in [6.45, 7) is 3.04. The van der Waals surface area contributed by atoms with Crippen LogP contribution >= 0.6 is 23.2 Å². The zero-order valence-electron chi connectivity index (χ0n) is 8.43. The number of halogens is 2. The molecular formula is C12H11Cl2N. The summed E-state index contributed by atoms with van der Waals surface area (Å²) in [5, 5.41) is 1.28. The van der Waals surface area contributed by atoms with Crippen LogP contribution in [-0.4, -0.2) is 12.3 Å². The molecule has 1 aromatic carbocycles. The highest BCUT2D eigenvalue weighted by molar-refractivity contribution is 6.42. The molecule has 2 aliphatic rings. The van der Waals surface area contributed by atoms with E-state index in [1.165, 1.54) is 17.7 Å². The van der Waals surface area contributed by atoms with Crippen molar-refractivity contribution >= 4 is 28.9 Å². The standard InChI is InChI=1S/C12H11Cl2N/c1-7-9-5-12(9,6-15-7)8-2-3-10(13)11(14)4-8/h2-4,9H,5-6H2,1H3. The SMILES string of the molecule is CC1=NCC2(c3ccc(Cl)c(Cl)c3)CC12. The molecule has 1 aromatic rings. The van der Waals surface area contributed by atoms with Crippen LogP contribution in [-0.2, 0) is 5.41 Å². The summed E-state index contributed by atoms with van der Waals surface area (Å²) in [5.74, 6) is 0.648. The first-order chi connectivity index (χ1) is 7.13. The highest BCUT2D eigenvalue weighted by Gasteiger charge is 2.59. The molecule has 1 saturated carbocycles. The fraction of sp³-hybridized carbons (Fsp3) is 0.417. The van der Waals surface area contributed by atoms with Gasteiger partial charge in [0.25, 0.3) is 0 Å². The molecule has 0 spiro atoms. The van der Waals surface area contributed by atoms with Crippen LogP contribution in [0.2, 0.25) is 10.0 Å². The maximum atomic E-state index is 6.04. The zero-order chi connectivity index (χ0) is 10.6. The Morgan fingerprint density at radius 2 is 2.13 bits per heavy atom. The molecule has 1 heterocycles. The van der Waals surface area contributed by atoms with Gasteiger partial charge in [0.15, 0.2) is 0 Å². The van der Waals surface area contributed by atoms with E-state index in [-0.39, 0.29) is 5.41 Å². The van der Waals surface area contributed by atoms with E-state index in [1.54, 1.807) is 0 Å². The van der Waals surface area contributed by atoms with Gasteiger partial charge in [-0.1, -0.05) is 29.3 Å². The molecule has 1 aliphatic carbocycles. The molecule has 15 heavy (non-hydrogen) atoms. The normalized spacial score (nSPS) is 32.5. The number of aliphatic imine (C=N–C) groups is 1. The predicted octanol–water partition coefficient (Wildman–Crippen LogP) is 3.73. The summed E-state index contributed by atoms with van der Waals surface area (Å²) in [7, 11) is 0. The lowest BCUT2D eigenvalue weighted by atomic mass is 9.94. The number of fused-ring (bicyclic) bond motifs is 1. The Bertz CT molecular complexity index is 467. The average molecular weight is 240 g/mol. The molecule has 3 heteroatoms. The number of benzene rings is 1. The molecule has 2 unspecified atom stereocenters. The van der Waals surface area contributed by atoms with Gasteiger partial charge in [-0.15, -0.1) is 0 Å². The van der Waals surface area contributed by atoms with Crippen LogP contribution in [0.1, 0.15) is 18.9 Å². The van der Waals surface area contributed by atoms with Crippen molar-refractivity contribution in [1.82, 2.24) is 0 Å². The van der Waals surface area contributed by atoms with Crippen molar-refractivity contribution in [1.29, 1.82) is 0 Å². The van der Waals surface area contributed by atoms with Gasteiger partial charge >= 0.3 is 0 Å². The molecule has 0 bridgehead atoms. The fourth-order valence-electron chi connectivity index (χ4n) is 2.62. The molecule has 0 aromatic heterocycles. The molecule has 0 saturated heterocycles. The second kappa shape index (κ2) is 2.99. The lowest BCUT2D eigenvalue weighted by molar-refractivity contribution is 0.712. The molecule has 0 N–H and O–H groups in total. The molecule has 1 nitrogen and oxygen atoms in total. The molecular weight excluding hydrogens is 229 g/mol. The van der Waals surface area contributed by atoms with E-state index in [9.17, 15) is 0 Å². The summed E-state index contributed by atoms with van der Waals surface area (Å²) in [6.07, 6.45) is 1.22. The number of nitrogens with zero attached hydrogens (tertiary/aromatic N) is 1. The minimum absolute atomic E-state index is 0.262. The van der Waals surface area contributed by atoms with Crippen molar-refractivity contribution in [2.24, 2.45) is 10.9 Å². The van der Waals surface area contributed by atoms with Gasteiger partial charge in [0.1, 0.15) is 0 Å². The molecule has 1 fully saturated rings. The van der Waals surface area contributed by atoms with Crippen molar-refractivity contribution < 1.29 is 0 Å². The Labute approximate surface area is 99.1 Å². The third kappa shape index (κ3) is 1.26. The third-order valence-corrected chi connectivity index (χ3v) is 4.42.